The molecule has 0 aliphatic heterocycles. The van der Waals surface area contributed by atoms with Gasteiger partial charge in [-0.1, -0.05) is 42.2 Å². The number of carbonyl (C=O) groups excluding carboxylic acids is 1. The van der Waals surface area contributed by atoms with Crippen LogP contribution in [0.1, 0.15) is 11.1 Å². The molecule has 2 aromatic rings. The summed E-state index contributed by atoms with van der Waals surface area (Å²) >= 11 is 0. The smallest absolute Gasteiger partial charge is 0.408 e. The first-order chi connectivity index (χ1) is 10.2. The van der Waals surface area contributed by atoms with E-state index in [1.165, 1.54) is 12.4 Å². The standard InChI is InChI=1S/C15H12FN3O2/c16-14-18-9-13(10-19-14)7-4-8-17-15(20)21-11-12-5-2-1-3-6-12/h1-3,5-6,9-10H,8,11H2,(H,17,20). The first kappa shape index (κ1) is 14.5. The third kappa shape index (κ3) is 5.28. The van der Waals surface area contributed by atoms with E-state index in [1.807, 2.05) is 30.3 Å². The minimum atomic E-state index is -0.803. The highest BCUT2D eigenvalue weighted by atomic mass is 19.1. The van der Waals surface area contributed by atoms with E-state index >= 15 is 0 Å². The summed E-state index contributed by atoms with van der Waals surface area (Å²) in [4.78, 5) is 18.1. The number of nitrogens with zero attached hydrogens (tertiary/aromatic N) is 2. The molecule has 6 heteroatoms. The molecule has 0 saturated heterocycles. The van der Waals surface area contributed by atoms with E-state index in [0.717, 1.165) is 5.56 Å². The molecule has 1 N–H and O–H groups in total. The number of benzene rings is 1. The van der Waals surface area contributed by atoms with Crippen molar-refractivity contribution < 1.29 is 13.9 Å². The second-order valence-corrected chi connectivity index (χ2v) is 3.96. The van der Waals surface area contributed by atoms with Crippen molar-refractivity contribution in [3.05, 3.63) is 59.9 Å². The Morgan fingerprint density at radius 2 is 1.95 bits per heavy atom. The predicted octanol–water partition coefficient (Wildman–Crippen LogP) is 1.89. The molecule has 0 aliphatic carbocycles. The first-order valence-corrected chi connectivity index (χ1v) is 6.15. The van der Waals surface area contributed by atoms with Gasteiger partial charge in [0.2, 0.25) is 0 Å². The predicted molar refractivity (Wildman–Crippen MR) is 73.5 cm³/mol. The summed E-state index contributed by atoms with van der Waals surface area (Å²) in [5, 5.41) is 2.48. The van der Waals surface area contributed by atoms with Crippen LogP contribution in [0.4, 0.5) is 9.18 Å². The molecule has 2 rings (SSSR count). The van der Waals surface area contributed by atoms with E-state index in [4.69, 9.17) is 4.74 Å². The Labute approximate surface area is 121 Å². The van der Waals surface area contributed by atoms with Gasteiger partial charge in [-0.2, -0.15) is 4.39 Å². The Balaban J connectivity index is 1.71. The van der Waals surface area contributed by atoms with E-state index in [9.17, 15) is 9.18 Å². The average Bonchev–Trinajstić information content (AvgIpc) is 2.52. The minimum absolute atomic E-state index is 0.116. The van der Waals surface area contributed by atoms with Gasteiger partial charge in [-0.25, -0.2) is 14.8 Å². The van der Waals surface area contributed by atoms with E-state index in [-0.39, 0.29) is 13.2 Å². The fourth-order valence-electron chi connectivity index (χ4n) is 1.41. The van der Waals surface area contributed by atoms with Gasteiger partial charge in [-0.15, -0.1) is 0 Å². The van der Waals surface area contributed by atoms with Crippen molar-refractivity contribution in [2.75, 3.05) is 6.54 Å². The number of nitrogens with one attached hydrogen (secondary N) is 1. The normalized spacial score (nSPS) is 9.38. The van der Waals surface area contributed by atoms with Crippen molar-refractivity contribution in [2.24, 2.45) is 0 Å². The van der Waals surface area contributed by atoms with Crippen LogP contribution in [0.5, 0.6) is 0 Å². The second-order valence-electron chi connectivity index (χ2n) is 3.96. The Morgan fingerprint density at radius 1 is 1.24 bits per heavy atom. The largest absolute Gasteiger partial charge is 0.445 e. The van der Waals surface area contributed by atoms with Gasteiger partial charge < -0.3 is 10.1 Å². The molecule has 0 bridgehead atoms. The third-order valence-corrected chi connectivity index (χ3v) is 2.39. The molecule has 1 heterocycles. The highest BCUT2D eigenvalue weighted by molar-refractivity contribution is 5.67. The van der Waals surface area contributed by atoms with E-state index < -0.39 is 12.2 Å². The number of carbonyl (C=O) groups is 1. The highest BCUT2D eigenvalue weighted by Crippen LogP contribution is 2.00. The van der Waals surface area contributed by atoms with Crippen molar-refractivity contribution in [3.8, 4) is 11.8 Å². The molecule has 0 atom stereocenters. The summed E-state index contributed by atoms with van der Waals surface area (Å²) in [5.41, 5.74) is 1.37. The van der Waals surface area contributed by atoms with Crippen molar-refractivity contribution in [1.82, 2.24) is 15.3 Å². The lowest BCUT2D eigenvalue weighted by Crippen LogP contribution is -2.24. The fourth-order valence-corrected chi connectivity index (χ4v) is 1.41. The Morgan fingerprint density at radius 3 is 2.67 bits per heavy atom. The molecule has 0 aliphatic rings. The van der Waals surface area contributed by atoms with Gasteiger partial charge in [0.1, 0.15) is 6.61 Å². The molecule has 1 amide bonds. The molecular weight excluding hydrogens is 273 g/mol. The number of halogens is 1. The van der Waals surface area contributed by atoms with Crippen LogP contribution in [0.2, 0.25) is 0 Å². The average molecular weight is 285 g/mol. The maximum atomic E-state index is 12.5. The zero-order valence-electron chi connectivity index (χ0n) is 11.0. The van der Waals surface area contributed by atoms with Crippen LogP contribution in [0.15, 0.2) is 42.7 Å². The van der Waals surface area contributed by atoms with Gasteiger partial charge in [-0.3, -0.25) is 0 Å². The maximum absolute atomic E-state index is 12.5. The number of rotatable bonds is 3. The van der Waals surface area contributed by atoms with Crippen LogP contribution in [0.25, 0.3) is 0 Å². The van der Waals surface area contributed by atoms with E-state index in [0.29, 0.717) is 5.56 Å². The SMILES string of the molecule is O=C(NCC#Cc1cnc(F)nc1)OCc1ccccc1. The van der Waals surface area contributed by atoms with E-state index in [1.54, 1.807) is 0 Å². The fraction of sp³-hybridized carbons (Fsp3) is 0.133. The molecule has 21 heavy (non-hydrogen) atoms. The molecule has 0 saturated carbocycles. The Bertz CT molecular complexity index is 648. The zero-order valence-corrected chi connectivity index (χ0v) is 11.0. The van der Waals surface area contributed by atoms with Crippen LogP contribution in [-0.4, -0.2) is 22.6 Å². The summed E-state index contributed by atoms with van der Waals surface area (Å²) in [6.07, 6.45) is 1.18. The van der Waals surface area contributed by atoms with E-state index in [2.05, 4.69) is 27.1 Å². The van der Waals surface area contributed by atoms with Gasteiger partial charge >= 0.3 is 12.2 Å². The molecule has 5 nitrogen and oxygen atoms in total. The van der Waals surface area contributed by atoms with Crippen LogP contribution in [0, 0.1) is 17.9 Å². The molecule has 0 spiro atoms. The number of hydrogen-bond donors (Lipinski definition) is 1. The summed E-state index contributed by atoms with van der Waals surface area (Å²) in [6, 6.07) is 9.35. The number of amides is 1. The van der Waals surface area contributed by atoms with Gasteiger partial charge in [-0.05, 0) is 5.56 Å². The van der Waals surface area contributed by atoms with Gasteiger partial charge in [0.15, 0.2) is 0 Å². The lowest BCUT2D eigenvalue weighted by molar-refractivity contribution is 0.141. The molecule has 0 unspecified atom stereocenters. The third-order valence-electron chi connectivity index (χ3n) is 2.39. The van der Waals surface area contributed by atoms with Gasteiger partial charge in [0.05, 0.1) is 12.1 Å². The van der Waals surface area contributed by atoms with Crippen LogP contribution >= 0.6 is 0 Å². The van der Waals surface area contributed by atoms with Crippen LogP contribution < -0.4 is 5.32 Å². The molecule has 1 aromatic heterocycles. The summed E-state index contributed by atoms with van der Waals surface area (Å²) in [7, 11) is 0. The number of ether oxygens (including phenoxy) is 1. The molecule has 0 fully saturated rings. The number of hydrogen-bond acceptors (Lipinski definition) is 4. The molecule has 106 valence electrons. The minimum Gasteiger partial charge on any atom is -0.445 e. The first-order valence-electron chi connectivity index (χ1n) is 6.15. The van der Waals surface area contributed by atoms with Gasteiger partial charge in [0, 0.05) is 12.4 Å². The number of alkyl carbamates (subject to hydrolysis) is 1. The van der Waals surface area contributed by atoms with Crippen molar-refractivity contribution in [1.29, 1.82) is 0 Å². The zero-order chi connectivity index (χ0) is 14.9. The Kier molecular flexibility index (Phi) is 5.24. The Hall–Kier alpha value is -2.94. The molecular formula is C15H12FN3O2. The number of aromatic nitrogens is 2. The monoisotopic (exact) mass is 285 g/mol. The molecule has 0 radical (unpaired) electrons. The summed E-state index contributed by atoms with van der Waals surface area (Å²) < 4.78 is 17.5. The van der Waals surface area contributed by atoms with Crippen LogP contribution in [0.3, 0.4) is 0 Å². The topological polar surface area (TPSA) is 64.1 Å². The maximum Gasteiger partial charge on any atom is 0.408 e. The van der Waals surface area contributed by atoms with Crippen molar-refractivity contribution in [2.45, 2.75) is 6.61 Å². The van der Waals surface area contributed by atoms with Crippen molar-refractivity contribution >= 4 is 6.09 Å². The lowest BCUT2D eigenvalue weighted by atomic mass is 10.2. The van der Waals surface area contributed by atoms with Gasteiger partial charge in [0.25, 0.3) is 0 Å². The summed E-state index contributed by atoms with van der Waals surface area (Å²) in [5.74, 6) is 5.37. The lowest BCUT2D eigenvalue weighted by Gasteiger charge is -2.04. The van der Waals surface area contributed by atoms with Crippen molar-refractivity contribution in [3.63, 3.8) is 0 Å². The quantitative estimate of drug-likeness (QED) is 0.691. The van der Waals surface area contributed by atoms with Crippen LogP contribution in [-0.2, 0) is 11.3 Å². The second kappa shape index (κ2) is 7.60. The summed E-state index contributed by atoms with van der Waals surface area (Å²) in [6.45, 7) is 0.316. The highest BCUT2D eigenvalue weighted by Gasteiger charge is 2.00. The molecule has 1 aromatic carbocycles.